The normalized spacial score (nSPS) is 12.0. The fourth-order valence-electron chi connectivity index (χ4n) is 0.780. The van der Waals surface area contributed by atoms with Gasteiger partial charge in [-0.15, -0.1) is 0 Å². The van der Waals surface area contributed by atoms with Crippen LogP contribution in [-0.4, -0.2) is 6.54 Å². The smallest absolute Gasteiger partial charge is 0.129 e. The highest BCUT2D eigenvalue weighted by atomic mass is 16.3. The van der Waals surface area contributed by atoms with Gasteiger partial charge in [0.2, 0.25) is 0 Å². The molecule has 1 aromatic rings. The first-order chi connectivity index (χ1) is 4.84. The highest BCUT2D eigenvalue weighted by molar-refractivity contribution is 5.58. The van der Waals surface area contributed by atoms with E-state index in [0.717, 1.165) is 11.3 Å². The first kappa shape index (κ1) is 7.09. The summed E-state index contributed by atoms with van der Waals surface area (Å²) in [4.78, 5) is 0. The molecule has 0 aliphatic carbocycles. The van der Waals surface area contributed by atoms with Crippen LogP contribution in [0.4, 0.5) is 0 Å². The van der Waals surface area contributed by atoms with E-state index in [4.69, 9.17) is 10.2 Å². The van der Waals surface area contributed by atoms with Crippen molar-refractivity contribution in [3.63, 3.8) is 0 Å². The van der Waals surface area contributed by atoms with Crippen LogP contribution in [-0.2, 0) is 0 Å². The SMILES string of the molecule is CC(=CCN)c1ccco1. The molecule has 0 atom stereocenters. The van der Waals surface area contributed by atoms with E-state index in [9.17, 15) is 0 Å². The number of rotatable bonds is 2. The van der Waals surface area contributed by atoms with Crippen molar-refractivity contribution in [2.45, 2.75) is 6.92 Å². The topological polar surface area (TPSA) is 39.2 Å². The third-order valence-corrected chi connectivity index (χ3v) is 1.33. The molecule has 2 N–H and O–H groups in total. The fraction of sp³-hybridized carbons (Fsp3) is 0.250. The molecule has 54 valence electrons. The van der Waals surface area contributed by atoms with Crippen molar-refractivity contribution in [3.8, 4) is 0 Å². The molecule has 0 amide bonds. The molecule has 10 heavy (non-hydrogen) atoms. The summed E-state index contributed by atoms with van der Waals surface area (Å²) < 4.78 is 5.12. The van der Waals surface area contributed by atoms with Crippen molar-refractivity contribution >= 4 is 5.57 Å². The van der Waals surface area contributed by atoms with Crippen molar-refractivity contribution in [1.29, 1.82) is 0 Å². The Kier molecular flexibility index (Phi) is 2.29. The largest absolute Gasteiger partial charge is 0.465 e. The van der Waals surface area contributed by atoms with E-state index in [2.05, 4.69) is 0 Å². The lowest BCUT2D eigenvalue weighted by atomic mass is 10.2. The summed E-state index contributed by atoms with van der Waals surface area (Å²) in [6, 6.07) is 3.78. The number of nitrogens with two attached hydrogens (primary N) is 1. The zero-order valence-corrected chi connectivity index (χ0v) is 6.00. The minimum Gasteiger partial charge on any atom is -0.465 e. The minimum absolute atomic E-state index is 0.562. The van der Waals surface area contributed by atoms with E-state index >= 15 is 0 Å². The summed E-state index contributed by atoms with van der Waals surface area (Å²) in [6.45, 7) is 2.54. The van der Waals surface area contributed by atoms with Gasteiger partial charge in [0.05, 0.1) is 6.26 Å². The van der Waals surface area contributed by atoms with E-state index < -0.39 is 0 Å². The maximum atomic E-state index is 5.32. The molecule has 0 aliphatic heterocycles. The minimum atomic E-state index is 0.562. The molecule has 0 aliphatic rings. The molecule has 0 saturated carbocycles. The molecule has 0 aromatic carbocycles. The Balaban J connectivity index is 2.77. The third-order valence-electron chi connectivity index (χ3n) is 1.33. The monoisotopic (exact) mass is 137 g/mol. The van der Waals surface area contributed by atoms with Crippen molar-refractivity contribution < 1.29 is 4.42 Å². The number of furan rings is 1. The van der Waals surface area contributed by atoms with E-state index in [1.54, 1.807) is 6.26 Å². The summed E-state index contributed by atoms with van der Waals surface area (Å²) in [5.41, 5.74) is 6.41. The molecular weight excluding hydrogens is 126 g/mol. The Morgan fingerprint density at radius 2 is 2.60 bits per heavy atom. The molecule has 1 heterocycles. The summed E-state index contributed by atoms with van der Waals surface area (Å²) in [5.74, 6) is 0.894. The van der Waals surface area contributed by atoms with Gasteiger partial charge in [0, 0.05) is 6.54 Å². The lowest BCUT2D eigenvalue weighted by molar-refractivity contribution is 0.552. The van der Waals surface area contributed by atoms with Crippen LogP contribution in [0.5, 0.6) is 0 Å². The Bertz CT molecular complexity index is 211. The van der Waals surface area contributed by atoms with Crippen molar-refractivity contribution in [2.75, 3.05) is 6.54 Å². The predicted octanol–water partition coefficient (Wildman–Crippen LogP) is 1.64. The highest BCUT2D eigenvalue weighted by Crippen LogP contribution is 2.12. The maximum absolute atomic E-state index is 5.32. The molecule has 1 aromatic heterocycles. The van der Waals surface area contributed by atoms with Gasteiger partial charge in [0.15, 0.2) is 0 Å². The van der Waals surface area contributed by atoms with Crippen LogP contribution in [0.15, 0.2) is 28.9 Å². The Morgan fingerprint density at radius 3 is 3.10 bits per heavy atom. The molecular formula is C8H11NO. The van der Waals surface area contributed by atoms with Crippen LogP contribution in [0.3, 0.4) is 0 Å². The van der Waals surface area contributed by atoms with Crippen LogP contribution >= 0.6 is 0 Å². The molecule has 0 saturated heterocycles. The van der Waals surface area contributed by atoms with Crippen molar-refractivity contribution in [1.82, 2.24) is 0 Å². The number of allylic oxidation sites excluding steroid dienone is 1. The van der Waals surface area contributed by atoms with E-state index in [1.807, 2.05) is 25.1 Å². The second kappa shape index (κ2) is 3.22. The standard InChI is InChI=1S/C8H11NO/c1-7(4-5-9)8-3-2-6-10-8/h2-4,6H,5,9H2,1H3. The molecule has 0 spiro atoms. The summed E-state index contributed by atoms with van der Waals surface area (Å²) in [5, 5.41) is 0. The molecule has 0 radical (unpaired) electrons. The highest BCUT2D eigenvalue weighted by Gasteiger charge is 1.94. The van der Waals surface area contributed by atoms with Crippen LogP contribution in [0, 0.1) is 0 Å². The molecule has 0 fully saturated rings. The molecule has 0 unspecified atom stereocenters. The van der Waals surface area contributed by atoms with Crippen LogP contribution in [0.2, 0.25) is 0 Å². The quantitative estimate of drug-likeness (QED) is 0.673. The van der Waals surface area contributed by atoms with Gasteiger partial charge in [0.1, 0.15) is 5.76 Å². The lowest BCUT2D eigenvalue weighted by Crippen LogP contribution is -1.93. The Labute approximate surface area is 60.3 Å². The summed E-state index contributed by atoms with van der Waals surface area (Å²) in [6.07, 6.45) is 3.59. The predicted molar refractivity (Wildman–Crippen MR) is 41.4 cm³/mol. The van der Waals surface area contributed by atoms with Gasteiger partial charge in [0.25, 0.3) is 0 Å². The zero-order chi connectivity index (χ0) is 7.40. The van der Waals surface area contributed by atoms with Crippen LogP contribution in [0.1, 0.15) is 12.7 Å². The van der Waals surface area contributed by atoms with E-state index in [-0.39, 0.29) is 0 Å². The zero-order valence-electron chi connectivity index (χ0n) is 6.00. The third kappa shape index (κ3) is 1.48. The van der Waals surface area contributed by atoms with Crippen molar-refractivity contribution in [3.05, 3.63) is 30.2 Å². The van der Waals surface area contributed by atoms with Gasteiger partial charge in [-0.3, -0.25) is 0 Å². The molecule has 1 rings (SSSR count). The fourth-order valence-corrected chi connectivity index (χ4v) is 0.780. The molecule has 0 bridgehead atoms. The molecule has 2 nitrogen and oxygen atoms in total. The van der Waals surface area contributed by atoms with Gasteiger partial charge in [-0.25, -0.2) is 0 Å². The van der Waals surface area contributed by atoms with Gasteiger partial charge in [-0.05, 0) is 24.6 Å². The number of hydrogen-bond acceptors (Lipinski definition) is 2. The Hall–Kier alpha value is -1.02. The first-order valence-corrected chi connectivity index (χ1v) is 3.25. The van der Waals surface area contributed by atoms with Gasteiger partial charge < -0.3 is 10.2 Å². The van der Waals surface area contributed by atoms with Gasteiger partial charge in [-0.2, -0.15) is 0 Å². The van der Waals surface area contributed by atoms with Crippen LogP contribution in [0.25, 0.3) is 5.57 Å². The van der Waals surface area contributed by atoms with E-state index in [1.165, 1.54) is 0 Å². The molecule has 2 heteroatoms. The van der Waals surface area contributed by atoms with Gasteiger partial charge >= 0.3 is 0 Å². The maximum Gasteiger partial charge on any atom is 0.129 e. The summed E-state index contributed by atoms with van der Waals surface area (Å²) >= 11 is 0. The lowest BCUT2D eigenvalue weighted by Gasteiger charge is -1.92. The number of hydrogen-bond donors (Lipinski definition) is 1. The average molecular weight is 137 g/mol. The first-order valence-electron chi connectivity index (χ1n) is 3.25. The van der Waals surface area contributed by atoms with Gasteiger partial charge in [-0.1, -0.05) is 6.08 Å². The second-order valence-corrected chi connectivity index (χ2v) is 2.10. The van der Waals surface area contributed by atoms with E-state index in [0.29, 0.717) is 6.54 Å². The van der Waals surface area contributed by atoms with Crippen LogP contribution < -0.4 is 5.73 Å². The second-order valence-electron chi connectivity index (χ2n) is 2.10. The Morgan fingerprint density at radius 1 is 1.80 bits per heavy atom. The summed E-state index contributed by atoms with van der Waals surface area (Å²) in [7, 11) is 0. The average Bonchev–Trinajstić information content (AvgIpc) is 2.38. The van der Waals surface area contributed by atoms with Crippen molar-refractivity contribution in [2.24, 2.45) is 5.73 Å².